The van der Waals surface area contributed by atoms with Crippen LogP contribution in [-0.2, 0) is 14.3 Å². The van der Waals surface area contributed by atoms with Gasteiger partial charge in [0.1, 0.15) is 9.88 Å². The molecule has 1 aromatic carbocycles. The molecule has 0 saturated carbocycles. The zero-order chi connectivity index (χ0) is 24.7. The molecule has 1 N–H and O–H groups in total. The predicted molar refractivity (Wildman–Crippen MR) is 127 cm³/mol. The zero-order valence-electron chi connectivity index (χ0n) is 19.8. The van der Waals surface area contributed by atoms with Crippen LogP contribution in [0.15, 0.2) is 24.3 Å². The van der Waals surface area contributed by atoms with Gasteiger partial charge in [0.05, 0.1) is 32.0 Å². The SMILES string of the molecule is COc1ccc(/C=C/C(=O)Nc2sc(C(=O)OC(C)C)c(C)c2C(=O)OC(C)C)cc1OC. The third-order valence-electron chi connectivity index (χ3n) is 4.29. The standard InChI is InChI=1S/C24H29NO7S/c1-13(2)31-23(27)20-15(5)21(24(28)32-14(3)4)33-22(20)25-19(26)11-9-16-8-10-17(29-6)18(12-16)30-7/h8-14H,1-7H3,(H,25,26)/b11-9+. The summed E-state index contributed by atoms with van der Waals surface area (Å²) in [5, 5.41) is 2.90. The number of nitrogens with one attached hydrogen (secondary N) is 1. The molecule has 1 heterocycles. The van der Waals surface area contributed by atoms with E-state index in [1.807, 2.05) is 0 Å². The third kappa shape index (κ3) is 6.82. The molecular weight excluding hydrogens is 446 g/mol. The first-order chi connectivity index (χ1) is 15.6. The Morgan fingerprint density at radius 3 is 2.12 bits per heavy atom. The molecule has 1 aromatic heterocycles. The highest BCUT2D eigenvalue weighted by atomic mass is 32.1. The Balaban J connectivity index is 2.32. The molecule has 0 saturated heterocycles. The molecular formula is C24H29NO7S. The van der Waals surface area contributed by atoms with E-state index in [0.29, 0.717) is 22.6 Å². The van der Waals surface area contributed by atoms with Gasteiger partial charge < -0.3 is 24.3 Å². The average Bonchev–Trinajstić information content (AvgIpc) is 3.06. The smallest absolute Gasteiger partial charge is 0.348 e. The van der Waals surface area contributed by atoms with Crippen LogP contribution in [0.3, 0.4) is 0 Å². The van der Waals surface area contributed by atoms with Gasteiger partial charge in [-0.2, -0.15) is 0 Å². The molecule has 0 radical (unpaired) electrons. The van der Waals surface area contributed by atoms with Crippen LogP contribution in [-0.4, -0.2) is 44.3 Å². The fourth-order valence-electron chi connectivity index (χ4n) is 2.86. The minimum absolute atomic E-state index is 0.136. The third-order valence-corrected chi connectivity index (χ3v) is 5.48. The lowest BCUT2D eigenvalue weighted by molar-refractivity contribution is -0.111. The first-order valence-corrected chi connectivity index (χ1v) is 11.1. The number of carbonyl (C=O) groups excluding carboxylic acids is 3. The number of ether oxygens (including phenoxy) is 4. The summed E-state index contributed by atoms with van der Waals surface area (Å²) in [6, 6.07) is 5.22. The van der Waals surface area contributed by atoms with Crippen LogP contribution in [0.1, 0.15) is 58.9 Å². The number of thiophene rings is 1. The van der Waals surface area contributed by atoms with Crippen molar-refractivity contribution in [1.82, 2.24) is 0 Å². The maximum Gasteiger partial charge on any atom is 0.348 e. The summed E-state index contributed by atoms with van der Waals surface area (Å²) in [5.74, 6) is -0.564. The lowest BCUT2D eigenvalue weighted by Crippen LogP contribution is -2.16. The highest BCUT2D eigenvalue weighted by Crippen LogP contribution is 2.35. The van der Waals surface area contributed by atoms with Gasteiger partial charge in [-0.15, -0.1) is 11.3 Å². The van der Waals surface area contributed by atoms with Gasteiger partial charge in [0.15, 0.2) is 11.5 Å². The second-order valence-corrected chi connectivity index (χ2v) is 8.63. The number of esters is 2. The van der Waals surface area contributed by atoms with Crippen LogP contribution >= 0.6 is 11.3 Å². The molecule has 2 rings (SSSR count). The monoisotopic (exact) mass is 475 g/mol. The van der Waals surface area contributed by atoms with Crippen molar-refractivity contribution in [2.45, 2.75) is 46.8 Å². The molecule has 0 spiro atoms. The second-order valence-electron chi connectivity index (χ2n) is 7.61. The van der Waals surface area contributed by atoms with E-state index < -0.39 is 17.8 Å². The molecule has 0 aliphatic heterocycles. The van der Waals surface area contributed by atoms with Crippen molar-refractivity contribution in [3.63, 3.8) is 0 Å². The Bertz CT molecular complexity index is 1050. The van der Waals surface area contributed by atoms with Crippen molar-refractivity contribution in [3.05, 3.63) is 45.8 Å². The van der Waals surface area contributed by atoms with Gasteiger partial charge in [-0.3, -0.25) is 4.79 Å². The molecule has 0 fully saturated rings. The van der Waals surface area contributed by atoms with Gasteiger partial charge in [0, 0.05) is 6.08 Å². The van der Waals surface area contributed by atoms with E-state index in [1.165, 1.54) is 20.3 Å². The van der Waals surface area contributed by atoms with Crippen LogP contribution in [0, 0.1) is 6.92 Å². The van der Waals surface area contributed by atoms with Crippen LogP contribution in [0.5, 0.6) is 11.5 Å². The summed E-state index contributed by atoms with van der Waals surface area (Å²) in [6.45, 7) is 8.53. The van der Waals surface area contributed by atoms with E-state index in [-0.39, 0.29) is 27.6 Å². The maximum absolute atomic E-state index is 12.7. The summed E-state index contributed by atoms with van der Waals surface area (Å²) in [7, 11) is 3.06. The largest absolute Gasteiger partial charge is 0.493 e. The van der Waals surface area contributed by atoms with Crippen molar-refractivity contribution in [2.75, 3.05) is 19.5 Å². The zero-order valence-corrected chi connectivity index (χ0v) is 20.6. The first-order valence-electron chi connectivity index (χ1n) is 10.3. The highest BCUT2D eigenvalue weighted by molar-refractivity contribution is 7.18. The average molecular weight is 476 g/mol. The van der Waals surface area contributed by atoms with Crippen molar-refractivity contribution in [2.24, 2.45) is 0 Å². The number of hydrogen-bond donors (Lipinski definition) is 1. The van der Waals surface area contributed by atoms with E-state index in [0.717, 1.165) is 11.3 Å². The number of amides is 1. The first kappa shape index (κ1) is 25.9. The summed E-state index contributed by atoms with van der Waals surface area (Å²) < 4.78 is 21.1. The van der Waals surface area contributed by atoms with Gasteiger partial charge in [-0.25, -0.2) is 9.59 Å². The van der Waals surface area contributed by atoms with E-state index >= 15 is 0 Å². The summed E-state index contributed by atoms with van der Waals surface area (Å²) >= 11 is 0.975. The molecule has 0 atom stereocenters. The Kier molecular flexibility index (Phi) is 9.04. The molecule has 9 heteroatoms. The molecule has 178 valence electrons. The lowest BCUT2D eigenvalue weighted by Gasteiger charge is -2.10. The van der Waals surface area contributed by atoms with Crippen molar-refractivity contribution >= 4 is 40.3 Å². The highest BCUT2D eigenvalue weighted by Gasteiger charge is 2.28. The van der Waals surface area contributed by atoms with Gasteiger partial charge in [0.2, 0.25) is 5.91 Å². The van der Waals surface area contributed by atoms with E-state index in [9.17, 15) is 14.4 Å². The van der Waals surface area contributed by atoms with E-state index in [2.05, 4.69) is 5.32 Å². The van der Waals surface area contributed by atoms with Gasteiger partial charge in [0.25, 0.3) is 0 Å². The Hall–Kier alpha value is -3.33. The number of rotatable bonds is 9. The van der Waals surface area contributed by atoms with Crippen LogP contribution in [0.4, 0.5) is 5.00 Å². The molecule has 0 aliphatic carbocycles. The summed E-state index contributed by atoms with van der Waals surface area (Å²) in [6.07, 6.45) is 2.22. The van der Waals surface area contributed by atoms with Crippen molar-refractivity contribution in [1.29, 1.82) is 0 Å². The van der Waals surface area contributed by atoms with Gasteiger partial charge in [-0.05, 0) is 64.0 Å². The van der Waals surface area contributed by atoms with Crippen molar-refractivity contribution in [3.8, 4) is 11.5 Å². The van der Waals surface area contributed by atoms with Crippen LogP contribution in [0.25, 0.3) is 6.08 Å². The molecule has 0 aliphatic rings. The van der Waals surface area contributed by atoms with Crippen molar-refractivity contribution < 1.29 is 33.3 Å². The minimum atomic E-state index is -0.624. The molecule has 1 amide bonds. The number of benzene rings is 1. The fourth-order valence-corrected chi connectivity index (χ4v) is 3.95. The fraction of sp³-hybridized carbons (Fsp3) is 0.375. The number of carbonyl (C=O) groups is 3. The molecule has 0 unspecified atom stereocenters. The Morgan fingerprint density at radius 1 is 0.939 bits per heavy atom. The normalized spacial score (nSPS) is 11.1. The predicted octanol–water partition coefficient (Wildman–Crippen LogP) is 4.86. The molecule has 8 nitrogen and oxygen atoms in total. The summed E-state index contributed by atoms with van der Waals surface area (Å²) in [4.78, 5) is 38.0. The van der Waals surface area contributed by atoms with E-state index in [1.54, 1.807) is 58.9 Å². The Labute approximate surface area is 197 Å². The number of methoxy groups -OCH3 is 2. The quantitative estimate of drug-likeness (QED) is 0.408. The maximum atomic E-state index is 12.7. The molecule has 0 bridgehead atoms. The van der Waals surface area contributed by atoms with Gasteiger partial charge >= 0.3 is 11.9 Å². The number of hydrogen-bond acceptors (Lipinski definition) is 8. The molecule has 33 heavy (non-hydrogen) atoms. The number of anilines is 1. The Morgan fingerprint density at radius 2 is 1.55 bits per heavy atom. The van der Waals surface area contributed by atoms with Crippen LogP contribution < -0.4 is 14.8 Å². The van der Waals surface area contributed by atoms with E-state index in [4.69, 9.17) is 18.9 Å². The lowest BCUT2D eigenvalue weighted by atomic mass is 10.1. The molecule has 2 aromatic rings. The second kappa shape index (κ2) is 11.5. The summed E-state index contributed by atoms with van der Waals surface area (Å²) in [5.41, 5.74) is 1.25. The van der Waals surface area contributed by atoms with Gasteiger partial charge in [-0.1, -0.05) is 6.07 Å². The topological polar surface area (TPSA) is 100 Å². The minimum Gasteiger partial charge on any atom is -0.493 e. The van der Waals surface area contributed by atoms with Crippen LogP contribution in [0.2, 0.25) is 0 Å².